The Kier molecular flexibility index (Phi) is 10.2. The first-order valence-electron chi connectivity index (χ1n) is 10.6. The van der Waals surface area contributed by atoms with Crippen molar-refractivity contribution in [2.24, 2.45) is 5.92 Å². The quantitative estimate of drug-likeness (QED) is 0.225. The molecule has 0 aromatic rings. The zero-order valence-corrected chi connectivity index (χ0v) is 19.3. The van der Waals surface area contributed by atoms with Crippen molar-refractivity contribution < 1.29 is 39.0 Å². The van der Waals surface area contributed by atoms with Crippen LogP contribution in [0.1, 0.15) is 47.5 Å². The number of aliphatic hydroxyl groups is 1. The van der Waals surface area contributed by atoms with Crippen LogP contribution in [-0.2, 0) is 28.8 Å². The molecule has 1 saturated heterocycles. The molecule has 33 heavy (non-hydrogen) atoms. The van der Waals surface area contributed by atoms with E-state index in [4.69, 9.17) is 0 Å². The van der Waals surface area contributed by atoms with Crippen molar-refractivity contribution in [1.82, 2.24) is 26.6 Å². The van der Waals surface area contributed by atoms with Gasteiger partial charge in [0.1, 0.15) is 30.2 Å². The van der Waals surface area contributed by atoms with Crippen LogP contribution in [0.5, 0.6) is 0 Å². The smallest absolute Gasteiger partial charge is 0.305 e. The average molecular weight is 472 g/mol. The lowest BCUT2D eigenvalue weighted by Crippen LogP contribution is -2.60. The lowest BCUT2D eigenvalue weighted by atomic mass is 10.0. The number of rotatable bonds is 5. The Morgan fingerprint density at radius 1 is 0.758 bits per heavy atom. The van der Waals surface area contributed by atoms with Crippen LogP contribution in [0, 0.1) is 5.92 Å². The molecule has 1 fully saturated rings. The van der Waals surface area contributed by atoms with Gasteiger partial charge in [-0.3, -0.25) is 28.8 Å². The highest BCUT2D eigenvalue weighted by molar-refractivity contribution is 5.98. The van der Waals surface area contributed by atoms with E-state index in [1.54, 1.807) is 13.8 Å². The highest BCUT2D eigenvalue weighted by Gasteiger charge is 2.35. The average Bonchev–Trinajstić information content (AvgIpc) is 2.68. The number of aliphatic carboxylic acids is 1. The Morgan fingerprint density at radius 2 is 1.21 bits per heavy atom. The number of hydrogen-bond acceptors (Lipinski definition) is 7. The first kappa shape index (κ1) is 27.8. The maximum atomic E-state index is 12.9. The molecule has 0 radical (unpaired) electrons. The van der Waals surface area contributed by atoms with Gasteiger partial charge in [-0.05, 0) is 33.1 Å². The van der Waals surface area contributed by atoms with E-state index in [9.17, 15) is 39.0 Å². The molecule has 5 amide bonds. The molecule has 0 bridgehead atoms. The third-order valence-corrected chi connectivity index (χ3v) is 4.92. The maximum absolute atomic E-state index is 12.9. The summed E-state index contributed by atoms with van der Waals surface area (Å²) in [5.41, 5.74) is 0. The van der Waals surface area contributed by atoms with Crippen molar-refractivity contribution >= 4 is 35.5 Å². The minimum absolute atomic E-state index is 0.0544. The van der Waals surface area contributed by atoms with Crippen molar-refractivity contribution in [1.29, 1.82) is 0 Å². The third kappa shape index (κ3) is 8.67. The predicted molar refractivity (Wildman–Crippen MR) is 114 cm³/mol. The van der Waals surface area contributed by atoms with Gasteiger partial charge < -0.3 is 36.8 Å². The first-order chi connectivity index (χ1) is 15.2. The minimum Gasteiger partial charge on any atom is -0.481 e. The van der Waals surface area contributed by atoms with Crippen molar-refractivity contribution in [3.05, 3.63) is 0 Å². The van der Waals surface area contributed by atoms with Crippen LogP contribution in [0.25, 0.3) is 0 Å². The summed E-state index contributed by atoms with van der Waals surface area (Å²) in [7, 11) is 0. The highest BCUT2D eigenvalue weighted by Crippen LogP contribution is 2.08. The molecule has 0 aromatic carbocycles. The first-order valence-corrected chi connectivity index (χ1v) is 10.6. The zero-order chi connectivity index (χ0) is 25.5. The molecule has 7 N–H and O–H groups in total. The van der Waals surface area contributed by atoms with Crippen molar-refractivity contribution in [3.63, 3.8) is 0 Å². The summed E-state index contributed by atoms with van der Waals surface area (Å²) in [6, 6.07) is -6.43. The summed E-state index contributed by atoms with van der Waals surface area (Å²) in [6.07, 6.45) is -2.04. The molecular weight excluding hydrogens is 438 g/mol. The number of nitrogens with one attached hydrogen (secondary N) is 5. The largest absolute Gasteiger partial charge is 0.481 e. The summed E-state index contributed by atoms with van der Waals surface area (Å²) in [6.45, 7) is 7.55. The summed E-state index contributed by atoms with van der Waals surface area (Å²) >= 11 is 0. The van der Waals surface area contributed by atoms with E-state index in [1.165, 1.54) is 20.8 Å². The number of hydrogen-bond donors (Lipinski definition) is 7. The molecule has 186 valence electrons. The number of carboxylic acids is 1. The second kappa shape index (κ2) is 12.1. The molecule has 0 spiro atoms. The van der Waals surface area contributed by atoms with Crippen LogP contribution in [0.4, 0.5) is 0 Å². The van der Waals surface area contributed by atoms with Gasteiger partial charge in [0, 0.05) is 0 Å². The van der Waals surface area contributed by atoms with Gasteiger partial charge >= 0.3 is 5.97 Å². The maximum Gasteiger partial charge on any atom is 0.305 e. The van der Waals surface area contributed by atoms with Gasteiger partial charge in [-0.1, -0.05) is 13.8 Å². The second-order valence-electron chi connectivity index (χ2n) is 8.54. The van der Waals surface area contributed by atoms with E-state index in [2.05, 4.69) is 26.6 Å². The standard InChI is InChI=1S/C20H33N5O8/c1-8(2)6-12-18(31)24-13(7-14(27)28)19(32)25-15(11(5)26)20(33)22-9(3)16(29)21-10(4)17(30)23-12/h8-13,15,26H,6-7H2,1-5H3,(H,21,29)(H,22,33)(H,23,30)(H,24,31)(H,25,32)(H,27,28)/t9-,10-,11+,12+,13+,15-/m0/s1. The molecule has 13 heteroatoms. The number of carbonyl (C=O) groups is 6. The Labute approximate surface area is 191 Å². The van der Waals surface area contributed by atoms with Gasteiger partial charge in [-0.15, -0.1) is 0 Å². The molecule has 0 saturated carbocycles. The lowest BCUT2D eigenvalue weighted by Gasteiger charge is -2.26. The summed E-state index contributed by atoms with van der Waals surface area (Å²) in [5.74, 6) is -5.58. The Balaban J connectivity index is 3.38. The van der Waals surface area contributed by atoms with Crippen LogP contribution >= 0.6 is 0 Å². The van der Waals surface area contributed by atoms with Gasteiger partial charge in [0.05, 0.1) is 12.5 Å². The minimum atomic E-state index is -1.59. The van der Waals surface area contributed by atoms with Gasteiger partial charge in [0.2, 0.25) is 29.5 Å². The van der Waals surface area contributed by atoms with Crippen LogP contribution < -0.4 is 26.6 Å². The molecule has 0 unspecified atom stereocenters. The van der Waals surface area contributed by atoms with Crippen molar-refractivity contribution in [2.45, 2.75) is 83.8 Å². The van der Waals surface area contributed by atoms with Crippen molar-refractivity contribution in [2.75, 3.05) is 0 Å². The second-order valence-corrected chi connectivity index (χ2v) is 8.54. The lowest BCUT2D eigenvalue weighted by molar-refractivity contribution is -0.141. The molecule has 0 aromatic heterocycles. The Morgan fingerprint density at radius 3 is 1.70 bits per heavy atom. The molecule has 0 aliphatic carbocycles. The zero-order valence-electron chi connectivity index (χ0n) is 19.3. The monoisotopic (exact) mass is 471 g/mol. The fourth-order valence-electron chi connectivity index (χ4n) is 3.09. The van der Waals surface area contributed by atoms with E-state index in [0.29, 0.717) is 0 Å². The molecular formula is C20H33N5O8. The van der Waals surface area contributed by atoms with E-state index in [1.807, 2.05) is 0 Å². The van der Waals surface area contributed by atoms with E-state index < -0.39 is 78.2 Å². The summed E-state index contributed by atoms with van der Waals surface area (Å²) in [5, 5.41) is 30.9. The van der Waals surface area contributed by atoms with Gasteiger partial charge in [-0.2, -0.15) is 0 Å². The molecule has 1 aliphatic rings. The Bertz CT molecular complexity index is 784. The van der Waals surface area contributed by atoms with Gasteiger partial charge in [0.25, 0.3) is 0 Å². The van der Waals surface area contributed by atoms with Crippen LogP contribution in [0.3, 0.4) is 0 Å². The van der Waals surface area contributed by atoms with Gasteiger partial charge in [0.15, 0.2) is 0 Å². The number of carbonyl (C=O) groups excluding carboxylic acids is 5. The molecule has 1 heterocycles. The summed E-state index contributed by atoms with van der Waals surface area (Å²) in [4.78, 5) is 74.4. The van der Waals surface area contributed by atoms with Crippen LogP contribution in [0.2, 0.25) is 0 Å². The Hall–Kier alpha value is -3.22. The fourth-order valence-corrected chi connectivity index (χ4v) is 3.09. The normalized spacial score (nSPS) is 28.9. The van der Waals surface area contributed by atoms with E-state index in [-0.39, 0.29) is 12.3 Å². The number of amides is 5. The SMILES string of the molecule is CC(C)C[C@H]1NC(=O)[C@H](C)NC(=O)[C@H](C)NC(=O)[C@H]([C@@H](C)O)NC(=O)[C@@H](CC(=O)O)NC1=O. The fraction of sp³-hybridized carbons (Fsp3) is 0.700. The highest BCUT2D eigenvalue weighted by atomic mass is 16.4. The topological polar surface area (TPSA) is 203 Å². The van der Waals surface area contributed by atoms with E-state index in [0.717, 1.165) is 0 Å². The molecule has 1 rings (SSSR count). The third-order valence-electron chi connectivity index (χ3n) is 4.92. The molecule has 1 aliphatic heterocycles. The van der Waals surface area contributed by atoms with Gasteiger partial charge in [-0.25, -0.2) is 0 Å². The van der Waals surface area contributed by atoms with Crippen LogP contribution in [-0.4, -0.2) is 82.0 Å². The molecule has 13 nitrogen and oxygen atoms in total. The summed E-state index contributed by atoms with van der Waals surface area (Å²) < 4.78 is 0. The number of carboxylic acid groups (broad SMARTS) is 1. The molecule has 6 atom stereocenters. The number of aliphatic hydroxyl groups excluding tert-OH is 1. The van der Waals surface area contributed by atoms with Crippen LogP contribution in [0.15, 0.2) is 0 Å². The van der Waals surface area contributed by atoms with E-state index >= 15 is 0 Å². The van der Waals surface area contributed by atoms with Crippen molar-refractivity contribution in [3.8, 4) is 0 Å². The predicted octanol–water partition coefficient (Wildman–Crippen LogP) is -2.63.